The lowest BCUT2D eigenvalue weighted by Gasteiger charge is -2.35. The summed E-state index contributed by atoms with van der Waals surface area (Å²) in [5.41, 5.74) is 4.99. The van der Waals surface area contributed by atoms with E-state index < -0.39 is 6.10 Å². The van der Waals surface area contributed by atoms with Crippen molar-refractivity contribution in [3.05, 3.63) is 52.4 Å². The molecule has 26 heavy (non-hydrogen) atoms. The summed E-state index contributed by atoms with van der Waals surface area (Å²) in [6.45, 7) is 4.02. The van der Waals surface area contributed by atoms with Gasteiger partial charge in [0.15, 0.2) is 0 Å². The van der Waals surface area contributed by atoms with Gasteiger partial charge in [0, 0.05) is 37.4 Å². The number of β-amino-alcohol motifs (C(OH)–C–C–N with tert-alkyl or cyclic N) is 1. The van der Waals surface area contributed by atoms with E-state index in [1.807, 2.05) is 40.5 Å². The van der Waals surface area contributed by atoms with Crippen LogP contribution in [0.3, 0.4) is 0 Å². The number of aromatic nitrogens is 3. The zero-order chi connectivity index (χ0) is 18.1. The molecule has 2 atom stereocenters. The number of nitrogens with one attached hydrogen (secondary N) is 1. The largest absolute Gasteiger partial charge is 0.390 e. The van der Waals surface area contributed by atoms with Crippen molar-refractivity contribution in [1.82, 2.24) is 24.6 Å². The van der Waals surface area contributed by atoms with Gasteiger partial charge >= 0.3 is 0 Å². The third-order valence-corrected chi connectivity index (χ3v) is 5.40. The molecule has 1 aliphatic heterocycles. The molecule has 0 bridgehead atoms. The van der Waals surface area contributed by atoms with Crippen LogP contribution < -0.4 is 5.32 Å². The van der Waals surface area contributed by atoms with Gasteiger partial charge in [0.1, 0.15) is 11.3 Å². The molecule has 8 heteroatoms. The number of nitrogens with zero attached hydrogens (tertiary/aromatic N) is 4. The number of hydrogen-bond donors (Lipinski definition) is 2. The maximum Gasteiger partial charge on any atom is 0.271 e. The SMILES string of the molecule is Cc1cccn2cc(C(=O)N[C@H]3CCN(Cc4cscn4)C[C@@H]3O)nc12. The summed E-state index contributed by atoms with van der Waals surface area (Å²) in [7, 11) is 0. The standard InChI is InChI=1S/C18H21N5O2S/c1-12-3-2-5-23-8-15(20-17(12)23)18(25)21-14-4-6-22(9-16(14)24)7-13-10-26-11-19-13/h2-3,5,8,10-11,14,16,24H,4,6-7,9H2,1H3,(H,21,25)/t14-,16-/m0/s1. The maximum absolute atomic E-state index is 12.6. The Morgan fingerprint density at radius 3 is 3.12 bits per heavy atom. The number of aryl methyl sites for hydroxylation is 1. The summed E-state index contributed by atoms with van der Waals surface area (Å²) in [4.78, 5) is 23.4. The average molecular weight is 371 g/mol. The van der Waals surface area contributed by atoms with Gasteiger partial charge in [0.2, 0.25) is 0 Å². The van der Waals surface area contributed by atoms with Crippen molar-refractivity contribution in [2.75, 3.05) is 13.1 Å². The summed E-state index contributed by atoms with van der Waals surface area (Å²) in [5, 5.41) is 15.4. The van der Waals surface area contributed by atoms with Crippen molar-refractivity contribution < 1.29 is 9.90 Å². The molecule has 0 unspecified atom stereocenters. The quantitative estimate of drug-likeness (QED) is 0.726. The molecule has 1 amide bonds. The van der Waals surface area contributed by atoms with Gasteiger partial charge < -0.3 is 14.8 Å². The number of thiazole rings is 1. The first kappa shape index (κ1) is 17.1. The molecule has 0 saturated carbocycles. The van der Waals surface area contributed by atoms with Crippen LogP contribution in [0.1, 0.15) is 28.2 Å². The summed E-state index contributed by atoms with van der Waals surface area (Å²) >= 11 is 1.57. The van der Waals surface area contributed by atoms with Crippen molar-refractivity contribution in [3.8, 4) is 0 Å². The van der Waals surface area contributed by atoms with Crippen LogP contribution in [0.2, 0.25) is 0 Å². The van der Waals surface area contributed by atoms with Gasteiger partial charge in [0.25, 0.3) is 5.91 Å². The van der Waals surface area contributed by atoms with Crippen LogP contribution in [0.15, 0.2) is 35.4 Å². The van der Waals surface area contributed by atoms with Gasteiger partial charge in [-0.25, -0.2) is 9.97 Å². The van der Waals surface area contributed by atoms with Crippen LogP contribution in [0.5, 0.6) is 0 Å². The van der Waals surface area contributed by atoms with Gasteiger partial charge in [0.05, 0.1) is 23.4 Å². The van der Waals surface area contributed by atoms with Crippen molar-refractivity contribution in [2.24, 2.45) is 0 Å². The third-order valence-electron chi connectivity index (χ3n) is 4.76. The molecule has 0 radical (unpaired) electrons. The number of aliphatic hydroxyl groups is 1. The van der Waals surface area contributed by atoms with Crippen LogP contribution >= 0.6 is 11.3 Å². The Balaban J connectivity index is 1.39. The predicted octanol–water partition coefficient (Wildman–Crippen LogP) is 1.46. The lowest BCUT2D eigenvalue weighted by atomic mass is 10.0. The molecule has 7 nitrogen and oxygen atoms in total. The van der Waals surface area contributed by atoms with Crippen LogP contribution in [-0.2, 0) is 6.54 Å². The predicted molar refractivity (Wildman–Crippen MR) is 99.2 cm³/mol. The summed E-state index contributed by atoms with van der Waals surface area (Å²) in [6.07, 6.45) is 3.69. The van der Waals surface area contributed by atoms with E-state index in [2.05, 4.69) is 20.2 Å². The molecule has 3 aromatic heterocycles. The first-order valence-electron chi connectivity index (χ1n) is 8.63. The second-order valence-electron chi connectivity index (χ2n) is 6.70. The number of pyridine rings is 1. The molecule has 4 rings (SSSR count). The zero-order valence-electron chi connectivity index (χ0n) is 14.5. The van der Waals surface area contributed by atoms with E-state index in [1.165, 1.54) is 0 Å². The number of imidazole rings is 1. The first-order valence-corrected chi connectivity index (χ1v) is 9.57. The van der Waals surface area contributed by atoms with Crippen LogP contribution in [0.25, 0.3) is 5.65 Å². The summed E-state index contributed by atoms with van der Waals surface area (Å²) in [5.74, 6) is -0.245. The third kappa shape index (κ3) is 3.48. The first-order chi connectivity index (χ1) is 12.6. The molecule has 0 spiro atoms. The van der Waals surface area contributed by atoms with Crippen molar-refractivity contribution in [1.29, 1.82) is 0 Å². The minimum Gasteiger partial charge on any atom is -0.390 e. The molecular weight excluding hydrogens is 350 g/mol. The van der Waals surface area contributed by atoms with Crippen molar-refractivity contribution in [2.45, 2.75) is 32.0 Å². The highest BCUT2D eigenvalue weighted by atomic mass is 32.1. The molecular formula is C18H21N5O2S. The van der Waals surface area contributed by atoms with E-state index in [-0.39, 0.29) is 11.9 Å². The number of hydrogen-bond acceptors (Lipinski definition) is 6. The molecule has 2 N–H and O–H groups in total. The Bertz CT molecular complexity index is 908. The Kier molecular flexibility index (Phi) is 4.71. The number of carbonyl (C=O) groups is 1. The number of carbonyl (C=O) groups excluding carboxylic acids is 1. The minimum absolute atomic E-state index is 0.245. The van der Waals surface area contributed by atoms with E-state index in [0.29, 0.717) is 18.7 Å². The smallest absolute Gasteiger partial charge is 0.271 e. The fourth-order valence-corrected chi connectivity index (χ4v) is 3.91. The number of rotatable bonds is 4. The number of piperidine rings is 1. The normalized spacial score (nSPS) is 21.2. The number of fused-ring (bicyclic) bond motifs is 1. The van der Waals surface area contributed by atoms with E-state index in [1.54, 1.807) is 17.5 Å². The average Bonchev–Trinajstić information content (AvgIpc) is 3.27. The zero-order valence-corrected chi connectivity index (χ0v) is 15.3. The number of aliphatic hydroxyl groups excluding tert-OH is 1. The molecule has 0 aromatic carbocycles. The minimum atomic E-state index is -0.606. The number of amides is 1. The second-order valence-corrected chi connectivity index (χ2v) is 7.42. The highest BCUT2D eigenvalue weighted by Gasteiger charge is 2.29. The Morgan fingerprint density at radius 2 is 2.38 bits per heavy atom. The molecule has 136 valence electrons. The Hall–Kier alpha value is -2.29. The Labute approximate surface area is 155 Å². The van der Waals surface area contributed by atoms with Crippen LogP contribution in [-0.4, -0.2) is 55.5 Å². The van der Waals surface area contributed by atoms with Crippen LogP contribution in [0, 0.1) is 6.92 Å². The van der Waals surface area contributed by atoms with Crippen LogP contribution in [0.4, 0.5) is 0 Å². The van der Waals surface area contributed by atoms with Gasteiger partial charge in [-0.3, -0.25) is 9.69 Å². The highest BCUT2D eigenvalue weighted by molar-refractivity contribution is 7.07. The Morgan fingerprint density at radius 1 is 1.50 bits per heavy atom. The van der Waals surface area contributed by atoms with Gasteiger partial charge in [-0.1, -0.05) is 6.07 Å². The molecule has 4 heterocycles. The molecule has 1 aliphatic rings. The number of likely N-dealkylation sites (tertiary alicyclic amines) is 1. The van der Waals surface area contributed by atoms with Gasteiger partial charge in [-0.05, 0) is 25.0 Å². The fraction of sp³-hybridized carbons (Fsp3) is 0.389. The summed E-state index contributed by atoms with van der Waals surface area (Å²) < 4.78 is 1.84. The molecule has 3 aromatic rings. The second kappa shape index (κ2) is 7.14. The van der Waals surface area contributed by atoms with E-state index >= 15 is 0 Å². The molecule has 0 aliphatic carbocycles. The molecule has 1 saturated heterocycles. The van der Waals surface area contributed by atoms with Crippen molar-refractivity contribution in [3.63, 3.8) is 0 Å². The van der Waals surface area contributed by atoms with E-state index in [4.69, 9.17) is 0 Å². The summed E-state index contributed by atoms with van der Waals surface area (Å²) in [6, 6.07) is 3.62. The van der Waals surface area contributed by atoms with Gasteiger partial charge in [-0.2, -0.15) is 0 Å². The van der Waals surface area contributed by atoms with E-state index in [9.17, 15) is 9.90 Å². The highest BCUT2D eigenvalue weighted by Crippen LogP contribution is 2.16. The lowest BCUT2D eigenvalue weighted by Crippen LogP contribution is -2.53. The fourth-order valence-electron chi connectivity index (χ4n) is 3.36. The maximum atomic E-state index is 12.6. The van der Waals surface area contributed by atoms with E-state index in [0.717, 1.165) is 30.0 Å². The van der Waals surface area contributed by atoms with Gasteiger partial charge in [-0.15, -0.1) is 11.3 Å². The van der Waals surface area contributed by atoms with Crippen molar-refractivity contribution >= 4 is 22.9 Å². The molecule has 1 fully saturated rings. The topological polar surface area (TPSA) is 82.8 Å². The monoisotopic (exact) mass is 371 g/mol. The lowest BCUT2D eigenvalue weighted by molar-refractivity contribution is 0.0345.